The lowest BCUT2D eigenvalue weighted by atomic mass is 10.0. The average Bonchev–Trinajstić information content (AvgIpc) is 2.91. The fourth-order valence-corrected chi connectivity index (χ4v) is 2.99. The third-order valence-corrected chi connectivity index (χ3v) is 4.27. The number of rotatable bonds is 2. The molecule has 1 aromatic heterocycles. The summed E-state index contributed by atoms with van der Waals surface area (Å²) < 4.78 is 2.24. The molecule has 20 heavy (non-hydrogen) atoms. The van der Waals surface area contributed by atoms with Gasteiger partial charge in [-0.15, -0.1) is 0 Å². The molecule has 0 spiro atoms. The second kappa shape index (κ2) is 5.16. The van der Waals surface area contributed by atoms with Gasteiger partial charge in [0.2, 0.25) is 5.91 Å². The van der Waals surface area contributed by atoms with Crippen molar-refractivity contribution in [3.63, 3.8) is 0 Å². The Kier molecular flexibility index (Phi) is 3.35. The van der Waals surface area contributed by atoms with Gasteiger partial charge in [0.25, 0.3) is 0 Å². The number of carbonyl (C=O) groups is 1. The first kappa shape index (κ1) is 13.0. The zero-order chi connectivity index (χ0) is 14.1. The first-order valence-electron chi connectivity index (χ1n) is 7.16. The van der Waals surface area contributed by atoms with Crippen molar-refractivity contribution in [1.29, 1.82) is 0 Å². The Hall–Kier alpha value is -2.03. The molecule has 1 atom stereocenters. The number of aromatic nitrogens is 1. The highest BCUT2D eigenvalue weighted by molar-refractivity contribution is 5.79. The van der Waals surface area contributed by atoms with Gasteiger partial charge in [0.05, 0.1) is 12.5 Å². The summed E-state index contributed by atoms with van der Waals surface area (Å²) in [4.78, 5) is 14.6. The van der Waals surface area contributed by atoms with Gasteiger partial charge in [-0.05, 0) is 37.1 Å². The molecule has 1 aliphatic heterocycles. The van der Waals surface area contributed by atoms with Crippen LogP contribution in [0.3, 0.4) is 0 Å². The second-order valence-corrected chi connectivity index (χ2v) is 5.49. The Bertz CT molecular complexity index is 629. The molecule has 0 saturated carbocycles. The maximum atomic E-state index is 12.6. The van der Waals surface area contributed by atoms with Gasteiger partial charge >= 0.3 is 0 Å². The average molecular weight is 268 g/mol. The van der Waals surface area contributed by atoms with Gasteiger partial charge in [0, 0.05) is 25.0 Å². The summed E-state index contributed by atoms with van der Waals surface area (Å²) in [5.41, 5.74) is 3.55. The van der Waals surface area contributed by atoms with Gasteiger partial charge in [-0.3, -0.25) is 4.79 Å². The smallest absolute Gasteiger partial charge is 0.227 e. The predicted octanol–water partition coefficient (Wildman–Crippen LogP) is 2.94. The molecule has 0 aliphatic carbocycles. The molecule has 2 aromatic rings. The van der Waals surface area contributed by atoms with Gasteiger partial charge in [0.1, 0.15) is 0 Å². The van der Waals surface area contributed by atoms with E-state index in [9.17, 15) is 4.79 Å². The fraction of sp³-hybridized carbons (Fsp3) is 0.353. The van der Waals surface area contributed by atoms with Crippen molar-refractivity contribution in [2.75, 3.05) is 6.54 Å². The number of fused-ring (bicyclic) bond motifs is 1. The number of benzene rings is 1. The summed E-state index contributed by atoms with van der Waals surface area (Å²) in [6.45, 7) is 5.87. The van der Waals surface area contributed by atoms with Crippen molar-refractivity contribution >= 4 is 5.91 Å². The van der Waals surface area contributed by atoms with Crippen LogP contribution < -0.4 is 0 Å². The molecule has 2 heterocycles. The summed E-state index contributed by atoms with van der Waals surface area (Å²) in [5, 5.41) is 0. The highest BCUT2D eigenvalue weighted by Crippen LogP contribution is 2.26. The lowest BCUT2D eigenvalue weighted by Gasteiger charge is -2.35. The lowest BCUT2D eigenvalue weighted by Crippen LogP contribution is -2.41. The molecule has 3 rings (SSSR count). The summed E-state index contributed by atoms with van der Waals surface area (Å²) in [5.74, 6) is 0.222. The SMILES string of the molecule is Cc1ccccc1CC(=O)N1CCn2cccc2C1C. The second-order valence-electron chi connectivity index (χ2n) is 5.49. The molecule has 1 unspecified atom stereocenters. The zero-order valence-electron chi connectivity index (χ0n) is 12.0. The van der Waals surface area contributed by atoms with Crippen molar-refractivity contribution in [3.8, 4) is 0 Å². The fourth-order valence-electron chi connectivity index (χ4n) is 2.99. The van der Waals surface area contributed by atoms with Crippen LogP contribution in [0.1, 0.15) is 29.8 Å². The van der Waals surface area contributed by atoms with E-state index in [1.165, 1.54) is 11.3 Å². The summed E-state index contributed by atoms with van der Waals surface area (Å²) >= 11 is 0. The largest absolute Gasteiger partial charge is 0.348 e. The van der Waals surface area contributed by atoms with Crippen LogP contribution >= 0.6 is 0 Å². The molecule has 0 radical (unpaired) electrons. The first-order chi connectivity index (χ1) is 9.66. The van der Waals surface area contributed by atoms with Crippen molar-refractivity contribution in [2.45, 2.75) is 32.9 Å². The van der Waals surface area contributed by atoms with E-state index in [4.69, 9.17) is 0 Å². The van der Waals surface area contributed by atoms with E-state index in [1.54, 1.807) is 0 Å². The van der Waals surface area contributed by atoms with Crippen LogP contribution in [-0.4, -0.2) is 21.9 Å². The standard InChI is InChI=1S/C17H20N2O/c1-13-6-3-4-7-15(13)12-17(20)19-11-10-18-9-5-8-16(18)14(19)2/h3-9,14H,10-12H2,1-2H3. The van der Waals surface area contributed by atoms with Crippen LogP contribution in [0.15, 0.2) is 42.6 Å². The molecule has 1 aliphatic rings. The van der Waals surface area contributed by atoms with E-state index in [2.05, 4.69) is 42.8 Å². The molecule has 1 aromatic carbocycles. The predicted molar refractivity (Wildman–Crippen MR) is 79.4 cm³/mol. The topological polar surface area (TPSA) is 25.2 Å². The highest BCUT2D eigenvalue weighted by atomic mass is 16.2. The van der Waals surface area contributed by atoms with Gasteiger partial charge in [-0.1, -0.05) is 24.3 Å². The number of aryl methyl sites for hydroxylation is 1. The minimum Gasteiger partial charge on any atom is -0.348 e. The van der Waals surface area contributed by atoms with Gasteiger partial charge in [-0.2, -0.15) is 0 Å². The Balaban J connectivity index is 1.77. The van der Waals surface area contributed by atoms with Gasteiger partial charge < -0.3 is 9.47 Å². The summed E-state index contributed by atoms with van der Waals surface area (Å²) in [7, 11) is 0. The highest BCUT2D eigenvalue weighted by Gasteiger charge is 2.27. The molecule has 0 saturated heterocycles. The molecule has 1 amide bonds. The molecule has 0 fully saturated rings. The van der Waals surface area contributed by atoms with Crippen LogP contribution in [0, 0.1) is 6.92 Å². The van der Waals surface area contributed by atoms with Gasteiger partial charge in [0.15, 0.2) is 0 Å². The summed E-state index contributed by atoms with van der Waals surface area (Å²) in [6.07, 6.45) is 2.59. The third-order valence-electron chi connectivity index (χ3n) is 4.27. The van der Waals surface area contributed by atoms with Crippen molar-refractivity contribution in [1.82, 2.24) is 9.47 Å². The molecular formula is C17H20N2O. The Morgan fingerprint density at radius 1 is 1.20 bits per heavy atom. The Morgan fingerprint density at radius 3 is 2.80 bits per heavy atom. The minimum absolute atomic E-state index is 0.162. The number of amides is 1. The zero-order valence-corrected chi connectivity index (χ0v) is 12.0. The Morgan fingerprint density at radius 2 is 2.00 bits per heavy atom. The van der Waals surface area contributed by atoms with E-state index in [-0.39, 0.29) is 11.9 Å². The van der Waals surface area contributed by atoms with Crippen LogP contribution in [0.5, 0.6) is 0 Å². The third kappa shape index (κ3) is 2.24. The van der Waals surface area contributed by atoms with Gasteiger partial charge in [-0.25, -0.2) is 0 Å². The van der Waals surface area contributed by atoms with Crippen LogP contribution in [0.25, 0.3) is 0 Å². The number of hydrogen-bond donors (Lipinski definition) is 0. The normalized spacial score (nSPS) is 17.9. The maximum Gasteiger partial charge on any atom is 0.227 e. The van der Waals surface area contributed by atoms with Crippen molar-refractivity contribution in [2.24, 2.45) is 0 Å². The van der Waals surface area contributed by atoms with Crippen molar-refractivity contribution in [3.05, 3.63) is 59.4 Å². The van der Waals surface area contributed by atoms with E-state index in [0.717, 1.165) is 18.7 Å². The van der Waals surface area contributed by atoms with Crippen LogP contribution in [0.2, 0.25) is 0 Å². The number of carbonyl (C=O) groups excluding carboxylic acids is 1. The number of nitrogens with zero attached hydrogens (tertiary/aromatic N) is 2. The molecule has 3 nitrogen and oxygen atoms in total. The van der Waals surface area contributed by atoms with E-state index in [0.29, 0.717) is 6.42 Å². The minimum atomic E-state index is 0.162. The molecular weight excluding hydrogens is 248 g/mol. The molecule has 104 valence electrons. The maximum absolute atomic E-state index is 12.6. The number of hydrogen-bond acceptors (Lipinski definition) is 1. The van der Waals surface area contributed by atoms with Crippen LogP contribution in [-0.2, 0) is 17.8 Å². The molecule has 0 bridgehead atoms. The Labute approximate surface area is 119 Å². The quantitative estimate of drug-likeness (QED) is 0.822. The van der Waals surface area contributed by atoms with E-state index >= 15 is 0 Å². The molecule has 3 heteroatoms. The van der Waals surface area contributed by atoms with Crippen molar-refractivity contribution < 1.29 is 4.79 Å². The first-order valence-corrected chi connectivity index (χ1v) is 7.16. The van der Waals surface area contributed by atoms with Crippen LogP contribution in [0.4, 0.5) is 0 Å². The monoisotopic (exact) mass is 268 g/mol. The summed E-state index contributed by atoms with van der Waals surface area (Å²) in [6, 6.07) is 12.5. The lowest BCUT2D eigenvalue weighted by molar-refractivity contribution is -0.133. The molecule has 0 N–H and O–H groups in total. The van der Waals surface area contributed by atoms with E-state index < -0.39 is 0 Å². The van der Waals surface area contributed by atoms with E-state index in [1.807, 2.05) is 23.1 Å².